The van der Waals surface area contributed by atoms with E-state index in [0.29, 0.717) is 18.4 Å². The van der Waals surface area contributed by atoms with Crippen molar-refractivity contribution in [1.82, 2.24) is 14.8 Å². The molecule has 4 rings (SSSR count). The molecule has 2 fully saturated rings. The Bertz CT molecular complexity index is 658. The number of aromatic nitrogens is 1. The zero-order valence-corrected chi connectivity index (χ0v) is 13.9. The average molecular weight is 327 g/mol. The molecular weight excluding hydrogens is 306 g/mol. The monoisotopic (exact) mass is 327 g/mol. The van der Waals surface area contributed by atoms with Crippen LogP contribution in [0.5, 0.6) is 0 Å². The van der Waals surface area contributed by atoms with Crippen LogP contribution in [0.1, 0.15) is 17.5 Å². The Morgan fingerprint density at radius 2 is 2.17 bits per heavy atom. The van der Waals surface area contributed by atoms with E-state index in [1.54, 1.807) is 17.5 Å². The number of hydrogen-bond donors (Lipinski definition) is 0. The summed E-state index contributed by atoms with van der Waals surface area (Å²) in [5.41, 5.74) is 2.49. The lowest BCUT2D eigenvalue weighted by molar-refractivity contribution is -0.140. The summed E-state index contributed by atoms with van der Waals surface area (Å²) in [5, 5.41) is 4.33. The highest BCUT2D eigenvalue weighted by Crippen LogP contribution is 2.33. The van der Waals surface area contributed by atoms with Gasteiger partial charge in [-0.15, -0.1) is 0 Å². The molecule has 2 saturated heterocycles. The highest BCUT2D eigenvalue weighted by atomic mass is 32.1. The van der Waals surface area contributed by atoms with Gasteiger partial charge in [-0.2, -0.15) is 11.3 Å². The van der Waals surface area contributed by atoms with E-state index in [4.69, 9.17) is 0 Å². The number of piperidine rings is 1. The molecule has 0 radical (unpaired) electrons. The van der Waals surface area contributed by atoms with Crippen LogP contribution in [0, 0.1) is 11.8 Å². The highest BCUT2D eigenvalue weighted by molar-refractivity contribution is 7.07. The third-order valence-electron chi connectivity index (χ3n) is 5.00. The second kappa shape index (κ2) is 6.42. The number of thiophene rings is 1. The van der Waals surface area contributed by atoms with Crippen LogP contribution in [-0.4, -0.2) is 40.3 Å². The molecule has 2 atom stereocenters. The average Bonchev–Trinajstić information content (AvgIpc) is 3.21. The molecular formula is C18H21N3OS. The Kier molecular flexibility index (Phi) is 4.14. The molecule has 0 N–H and O–H groups in total. The Hall–Kier alpha value is -1.72. The van der Waals surface area contributed by atoms with Crippen LogP contribution in [-0.2, 0) is 17.9 Å². The maximum Gasteiger partial charge on any atom is 0.227 e. The molecule has 4 heterocycles. The zero-order valence-electron chi connectivity index (χ0n) is 13.1. The van der Waals surface area contributed by atoms with Crippen molar-refractivity contribution >= 4 is 17.2 Å². The fourth-order valence-electron chi connectivity index (χ4n) is 3.84. The number of carbonyl (C=O) groups is 1. The first-order valence-electron chi connectivity index (χ1n) is 8.21. The van der Waals surface area contributed by atoms with E-state index in [1.165, 1.54) is 5.56 Å². The molecule has 23 heavy (non-hydrogen) atoms. The fourth-order valence-corrected chi connectivity index (χ4v) is 4.50. The summed E-state index contributed by atoms with van der Waals surface area (Å²) in [4.78, 5) is 21.5. The van der Waals surface area contributed by atoms with Crippen LogP contribution in [0.4, 0.5) is 0 Å². The molecule has 0 aliphatic carbocycles. The lowest BCUT2D eigenvalue weighted by Gasteiger charge is -2.33. The first-order valence-corrected chi connectivity index (χ1v) is 9.15. The number of amides is 1. The van der Waals surface area contributed by atoms with Gasteiger partial charge in [0.1, 0.15) is 0 Å². The minimum absolute atomic E-state index is 0.180. The van der Waals surface area contributed by atoms with Gasteiger partial charge in [0.05, 0.1) is 5.92 Å². The SMILES string of the molecule is O=C1[C@@H]2CN(Cc3ccsc3)C[C@H]2CCN1Cc1cccnc1. The number of likely N-dealkylation sites (tertiary alicyclic amines) is 2. The van der Waals surface area contributed by atoms with Gasteiger partial charge in [-0.3, -0.25) is 14.7 Å². The molecule has 120 valence electrons. The maximum absolute atomic E-state index is 12.8. The molecule has 0 aromatic carbocycles. The summed E-state index contributed by atoms with van der Waals surface area (Å²) < 4.78 is 0. The summed E-state index contributed by atoms with van der Waals surface area (Å²) in [7, 11) is 0. The fraction of sp³-hybridized carbons (Fsp3) is 0.444. The maximum atomic E-state index is 12.8. The van der Waals surface area contributed by atoms with Gasteiger partial charge in [0, 0.05) is 45.1 Å². The van der Waals surface area contributed by atoms with Gasteiger partial charge in [0.15, 0.2) is 0 Å². The van der Waals surface area contributed by atoms with Crippen LogP contribution in [0.2, 0.25) is 0 Å². The van der Waals surface area contributed by atoms with E-state index in [0.717, 1.165) is 38.2 Å². The van der Waals surface area contributed by atoms with Gasteiger partial charge < -0.3 is 4.90 Å². The van der Waals surface area contributed by atoms with Crippen molar-refractivity contribution in [2.24, 2.45) is 11.8 Å². The van der Waals surface area contributed by atoms with Crippen LogP contribution in [0.15, 0.2) is 41.4 Å². The standard InChI is InChI=1S/C18H21N3OS/c22-18-17-12-20(9-15-4-7-23-13-15)11-16(17)3-6-21(18)10-14-2-1-5-19-8-14/h1-2,4-5,7-8,13,16-17H,3,6,9-12H2/t16-,17-/m1/s1. The van der Waals surface area contributed by atoms with Crippen molar-refractivity contribution in [2.45, 2.75) is 19.5 Å². The number of rotatable bonds is 4. The third-order valence-corrected chi connectivity index (χ3v) is 5.73. The summed E-state index contributed by atoms with van der Waals surface area (Å²) in [6.07, 6.45) is 4.75. The van der Waals surface area contributed by atoms with E-state index in [9.17, 15) is 4.79 Å². The predicted octanol–water partition coefficient (Wildman–Crippen LogP) is 2.62. The van der Waals surface area contributed by atoms with Crippen LogP contribution in [0.3, 0.4) is 0 Å². The highest BCUT2D eigenvalue weighted by Gasteiger charge is 2.42. The molecule has 1 amide bonds. The lowest BCUT2D eigenvalue weighted by Crippen LogP contribution is -2.44. The van der Waals surface area contributed by atoms with Crippen LogP contribution >= 0.6 is 11.3 Å². The molecule has 0 saturated carbocycles. The number of hydrogen-bond acceptors (Lipinski definition) is 4. The largest absolute Gasteiger partial charge is 0.338 e. The van der Waals surface area contributed by atoms with E-state index >= 15 is 0 Å². The zero-order chi connectivity index (χ0) is 15.6. The van der Waals surface area contributed by atoms with Crippen molar-refractivity contribution in [3.63, 3.8) is 0 Å². The minimum atomic E-state index is 0.180. The number of pyridine rings is 1. The van der Waals surface area contributed by atoms with Gasteiger partial charge in [0.2, 0.25) is 5.91 Å². The van der Waals surface area contributed by atoms with Crippen LogP contribution in [0.25, 0.3) is 0 Å². The molecule has 0 spiro atoms. The molecule has 0 bridgehead atoms. The van der Waals surface area contributed by atoms with E-state index in [2.05, 4.69) is 26.7 Å². The molecule has 0 unspecified atom stereocenters. The predicted molar refractivity (Wildman–Crippen MR) is 90.8 cm³/mol. The number of nitrogens with zero attached hydrogens (tertiary/aromatic N) is 3. The smallest absolute Gasteiger partial charge is 0.227 e. The van der Waals surface area contributed by atoms with Crippen LogP contribution < -0.4 is 0 Å². The van der Waals surface area contributed by atoms with Gasteiger partial charge in [0.25, 0.3) is 0 Å². The molecule has 2 aliphatic rings. The van der Waals surface area contributed by atoms with E-state index in [-0.39, 0.29) is 5.92 Å². The van der Waals surface area contributed by atoms with Gasteiger partial charge in [-0.05, 0) is 46.4 Å². The molecule has 5 heteroatoms. The Balaban J connectivity index is 1.40. The Labute approximate surface area is 140 Å². The first-order chi connectivity index (χ1) is 11.3. The second-order valence-corrected chi connectivity index (χ2v) is 7.38. The first kappa shape index (κ1) is 14.8. The summed E-state index contributed by atoms with van der Waals surface area (Å²) in [5.74, 6) is 1.04. The minimum Gasteiger partial charge on any atom is -0.338 e. The van der Waals surface area contributed by atoms with E-state index < -0.39 is 0 Å². The summed E-state index contributed by atoms with van der Waals surface area (Å²) in [6.45, 7) is 4.52. The summed E-state index contributed by atoms with van der Waals surface area (Å²) >= 11 is 1.74. The topological polar surface area (TPSA) is 36.4 Å². The Morgan fingerprint density at radius 3 is 2.96 bits per heavy atom. The van der Waals surface area contributed by atoms with Crippen molar-refractivity contribution in [3.05, 3.63) is 52.5 Å². The van der Waals surface area contributed by atoms with Gasteiger partial charge in [-0.1, -0.05) is 6.07 Å². The molecule has 2 aromatic rings. The number of fused-ring (bicyclic) bond motifs is 1. The Morgan fingerprint density at radius 1 is 1.22 bits per heavy atom. The second-order valence-electron chi connectivity index (χ2n) is 6.60. The molecule has 4 nitrogen and oxygen atoms in total. The van der Waals surface area contributed by atoms with Crippen molar-refractivity contribution in [3.8, 4) is 0 Å². The third kappa shape index (κ3) is 3.16. The van der Waals surface area contributed by atoms with E-state index in [1.807, 2.05) is 23.2 Å². The number of carbonyl (C=O) groups excluding carboxylic acids is 1. The van der Waals surface area contributed by atoms with Crippen molar-refractivity contribution in [2.75, 3.05) is 19.6 Å². The normalized spacial score (nSPS) is 24.9. The summed E-state index contributed by atoms with van der Waals surface area (Å²) in [6, 6.07) is 6.16. The van der Waals surface area contributed by atoms with Crippen molar-refractivity contribution < 1.29 is 4.79 Å². The van der Waals surface area contributed by atoms with Gasteiger partial charge >= 0.3 is 0 Å². The molecule has 2 aromatic heterocycles. The quantitative estimate of drug-likeness (QED) is 0.866. The lowest BCUT2D eigenvalue weighted by atomic mass is 9.88. The molecule has 2 aliphatic heterocycles. The van der Waals surface area contributed by atoms with Gasteiger partial charge in [-0.25, -0.2) is 0 Å². The van der Waals surface area contributed by atoms with Crippen molar-refractivity contribution in [1.29, 1.82) is 0 Å².